The van der Waals surface area contributed by atoms with Gasteiger partial charge in [0.15, 0.2) is 0 Å². The lowest BCUT2D eigenvalue weighted by Gasteiger charge is -2.14. The molecule has 0 radical (unpaired) electrons. The van der Waals surface area contributed by atoms with Crippen molar-refractivity contribution in [2.24, 2.45) is 0 Å². The predicted molar refractivity (Wildman–Crippen MR) is 72.7 cm³/mol. The largest absolute Gasteiger partial charge is 0.480 e. The maximum Gasteiger partial charge on any atom is 0.326 e. The van der Waals surface area contributed by atoms with Gasteiger partial charge in [0, 0.05) is 4.47 Å². The molecule has 1 aromatic carbocycles. The van der Waals surface area contributed by atoms with E-state index in [1.54, 1.807) is 13.0 Å². The number of carboxylic acids is 1. The molecule has 6 heteroatoms. The number of rotatable bonds is 4. The summed E-state index contributed by atoms with van der Waals surface area (Å²) >= 11 is 3.33. The van der Waals surface area contributed by atoms with E-state index in [1.807, 2.05) is 19.1 Å². The summed E-state index contributed by atoms with van der Waals surface area (Å²) in [4.78, 5) is 22.4. The van der Waals surface area contributed by atoms with E-state index in [0.29, 0.717) is 12.1 Å². The number of hydrogen-bond acceptors (Lipinski definition) is 2. The Kier molecular flexibility index (Phi) is 5.15. The quantitative estimate of drug-likeness (QED) is 0.799. The third-order valence-electron chi connectivity index (χ3n) is 2.38. The molecule has 98 valence electrons. The number of carboxylic acid groups (broad SMARTS) is 1. The molecule has 1 atom stereocenters. The monoisotopic (exact) mass is 314 g/mol. The Labute approximate surface area is 114 Å². The number of carbonyl (C=O) groups excluding carboxylic acids is 1. The van der Waals surface area contributed by atoms with Crippen LogP contribution in [0.3, 0.4) is 0 Å². The Bertz CT molecular complexity index is 463. The molecule has 3 N–H and O–H groups in total. The van der Waals surface area contributed by atoms with Crippen LogP contribution in [0.1, 0.15) is 18.9 Å². The summed E-state index contributed by atoms with van der Waals surface area (Å²) in [6, 6.07) is 4.06. The van der Waals surface area contributed by atoms with Crippen LogP contribution in [-0.4, -0.2) is 23.1 Å². The number of hydrogen-bond donors (Lipinski definition) is 3. The minimum atomic E-state index is -1.05. The van der Waals surface area contributed by atoms with Crippen LogP contribution in [0.15, 0.2) is 22.7 Å². The molecule has 0 spiro atoms. The van der Waals surface area contributed by atoms with Crippen molar-refractivity contribution in [1.82, 2.24) is 5.32 Å². The minimum Gasteiger partial charge on any atom is -0.480 e. The van der Waals surface area contributed by atoms with Crippen molar-refractivity contribution in [1.29, 1.82) is 0 Å². The molecule has 0 aliphatic carbocycles. The van der Waals surface area contributed by atoms with Crippen molar-refractivity contribution < 1.29 is 14.7 Å². The average molecular weight is 315 g/mol. The Morgan fingerprint density at radius 3 is 2.61 bits per heavy atom. The first-order valence-corrected chi connectivity index (χ1v) is 6.29. The van der Waals surface area contributed by atoms with Crippen LogP contribution >= 0.6 is 15.9 Å². The van der Waals surface area contributed by atoms with Crippen molar-refractivity contribution in [3.8, 4) is 0 Å². The van der Waals surface area contributed by atoms with Gasteiger partial charge in [-0.2, -0.15) is 0 Å². The van der Waals surface area contributed by atoms with Crippen LogP contribution in [0.25, 0.3) is 0 Å². The molecule has 2 amide bonds. The standard InChI is InChI=1S/C12H15BrN2O3/c1-3-9(11(16)17)14-12(18)15-10-5-4-7(2)6-8(10)13/h4-6,9H,3H2,1-2H3,(H,16,17)(H2,14,15,18)/t9-/m1/s1. The predicted octanol–water partition coefficient (Wildman–Crippen LogP) is 2.74. The van der Waals surface area contributed by atoms with E-state index in [2.05, 4.69) is 26.6 Å². The number of amides is 2. The number of nitrogens with one attached hydrogen (secondary N) is 2. The summed E-state index contributed by atoms with van der Waals surface area (Å²) in [6.45, 7) is 3.63. The lowest BCUT2D eigenvalue weighted by molar-refractivity contribution is -0.139. The van der Waals surface area contributed by atoms with E-state index in [-0.39, 0.29) is 0 Å². The highest BCUT2D eigenvalue weighted by atomic mass is 79.9. The molecule has 1 aromatic rings. The Balaban J connectivity index is 2.67. The molecule has 1 rings (SSSR count). The third-order valence-corrected chi connectivity index (χ3v) is 3.04. The fourth-order valence-electron chi connectivity index (χ4n) is 1.38. The SMILES string of the molecule is CC[C@@H](NC(=O)Nc1ccc(C)cc1Br)C(=O)O. The van der Waals surface area contributed by atoms with Crippen molar-refractivity contribution >= 4 is 33.6 Å². The molecular formula is C12H15BrN2O3. The van der Waals surface area contributed by atoms with Crippen LogP contribution in [0.2, 0.25) is 0 Å². The zero-order valence-corrected chi connectivity index (χ0v) is 11.7. The van der Waals surface area contributed by atoms with E-state index < -0.39 is 18.0 Å². The van der Waals surface area contributed by atoms with Gasteiger partial charge >= 0.3 is 12.0 Å². The van der Waals surface area contributed by atoms with Gasteiger partial charge in [-0.1, -0.05) is 13.0 Å². The zero-order chi connectivity index (χ0) is 13.7. The molecule has 0 bridgehead atoms. The molecule has 0 fully saturated rings. The lowest BCUT2D eigenvalue weighted by atomic mass is 10.2. The summed E-state index contributed by atoms with van der Waals surface area (Å²) in [6.07, 6.45) is 0.331. The molecule has 0 unspecified atom stereocenters. The summed E-state index contributed by atoms with van der Waals surface area (Å²) in [7, 11) is 0. The van der Waals surface area contributed by atoms with Crippen LogP contribution in [0.5, 0.6) is 0 Å². The Morgan fingerprint density at radius 2 is 2.11 bits per heavy atom. The molecule has 0 saturated carbocycles. The molecule has 0 aliphatic rings. The van der Waals surface area contributed by atoms with Gasteiger partial charge < -0.3 is 15.7 Å². The molecule has 0 heterocycles. The molecule has 0 aromatic heterocycles. The maximum absolute atomic E-state index is 11.6. The zero-order valence-electron chi connectivity index (χ0n) is 10.2. The fraction of sp³-hybridized carbons (Fsp3) is 0.333. The first-order valence-electron chi connectivity index (χ1n) is 5.50. The highest BCUT2D eigenvalue weighted by Gasteiger charge is 2.17. The second-order valence-corrected chi connectivity index (χ2v) is 4.74. The minimum absolute atomic E-state index is 0.331. The third kappa shape index (κ3) is 4.03. The van der Waals surface area contributed by atoms with Gasteiger partial charge in [0.05, 0.1) is 5.69 Å². The molecule has 18 heavy (non-hydrogen) atoms. The number of aryl methyl sites for hydroxylation is 1. The van der Waals surface area contributed by atoms with Gasteiger partial charge in [-0.25, -0.2) is 9.59 Å². The van der Waals surface area contributed by atoms with Crippen LogP contribution < -0.4 is 10.6 Å². The van der Waals surface area contributed by atoms with Crippen molar-refractivity contribution in [3.05, 3.63) is 28.2 Å². The average Bonchev–Trinajstić information content (AvgIpc) is 2.29. The molecular weight excluding hydrogens is 300 g/mol. The van der Waals surface area contributed by atoms with Crippen LogP contribution in [0, 0.1) is 6.92 Å². The lowest BCUT2D eigenvalue weighted by Crippen LogP contribution is -2.42. The molecule has 0 aliphatic heterocycles. The Hall–Kier alpha value is -1.56. The summed E-state index contributed by atoms with van der Waals surface area (Å²) in [5.41, 5.74) is 1.66. The van der Waals surface area contributed by atoms with Gasteiger partial charge in [-0.15, -0.1) is 0 Å². The summed E-state index contributed by atoms with van der Waals surface area (Å²) < 4.78 is 0.751. The number of halogens is 1. The van der Waals surface area contributed by atoms with Crippen molar-refractivity contribution in [2.75, 3.05) is 5.32 Å². The highest BCUT2D eigenvalue weighted by molar-refractivity contribution is 9.10. The van der Waals surface area contributed by atoms with E-state index in [0.717, 1.165) is 10.0 Å². The van der Waals surface area contributed by atoms with E-state index in [1.165, 1.54) is 0 Å². The first kappa shape index (κ1) is 14.5. The van der Waals surface area contributed by atoms with Crippen molar-refractivity contribution in [3.63, 3.8) is 0 Å². The Morgan fingerprint density at radius 1 is 1.44 bits per heavy atom. The highest BCUT2D eigenvalue weighted by Crippen LogP contribution is 2.23. The number of aliphatic carboxylic acids is 1. The number of benzene rings is 1. The fourth-order valence-corrected chi connectivity index (χ4v) is 1.97. The summed E-state index contributed by atoms with van der Waals surface area (Å²) in [5, 5.41) is 13.8. The van der Waals surface area contributed by atoms with E-state index in [9.17, 15) is 9.59 Å². The molecule has 0 saturated heterocycles. The maximum atomic E-state index is 11.6. The van der Waals surface area contributed by atoms with Crippen LogP contribution in [-0.2, 0) is 4.79 Å². The first-order chi connectivity index (χ1) is 8.43. The van der Waals surface area contributed by atoms with Gasteiger partial charge in [0.1, 0.15) is 6.04 Å². The van der Waals surface area contributed by atoms with Crippen LogP contribution in [0.4, 0.5) is 10.5 Å². The van der Waals surface area contributed by atoms with E-state index in [4.69, 9.17) is 5.11 Å². The van der Waals surface area contributed by atoms with Gasteiger partial charge in [0.2, 0.25) is 0 Å². The normalized spacial score (nSPS) is 11.7. The smallest absolute Gasteiger partial charge is 0.326 e. The van der Waals surface area contributed by atoms with Gasteiger partial charge in [0.25, 0.3) is 0 Å². The number of anilines is 1. The second-order valence-electron chi connectivity index (χ2n) is 3.88. The van der Waals surface area contributed by atoms with Gasteiger partial charge in [-0.3, -0.25) is 0 Å². The van der Waals surface area contributed by atoms with Crippen molar-refractivity contribution in [2.45, 2.75) is 26.3 Å². The number of urea groups is 1. The number of carbonyl (C=O) groups is 2. The second kappa shape index (κ2) is 6.39. The summed E-state index contributed by atoms with van der Waals surface area (Å²) in [5.74, 6) is -1.05. The van der Waals surface area contributed by atoms with E-state index >= 15 is 0 Å². The molecule has 5 nitrogen and oxygen atoms in total. The van der Waals surface area contributed by atoms with Gasteiger partial charge in [-0.05, 0) is 47.0 Å². The topological polar surface area (TPSA) is 78.4 Å².